The molecule has 0 spiro atoms. The molecule has 0 radical (unpaired) electrons. The minimum Gasteiger partial charge on any atom is -0.492 e. The summed E-state index contributed by atoms with van der Waals surface area (Å²) < 4.78 is 48.9. The van der Waals surface area contributed by atoms with Crippen molar-refractivity contribution >= 4 is 35.3 Å². The Morgan fingerprint density at radius 3 is 2.21 bits per heavy atom. The molecule has 0 bridgehead atoms. The number of amides is 1. The Kier molecular flexibility index (Phi) is 14.0. The first-order valence-corrected chi connectivity index (χ1v) is 14.4. The third kappa shape index (κ3) is 12.0. The van der Waals surface area contributed by atoms with Crippen LogP contribution in [0.1, 0.15) is 30.9 Å². The van der Waals surface area contributed by atoms with Gasteiger partial charge in [0.1, 0.15) is 18.1 Å². The molecular formula is C31H33Cl2F2NO7. The van der Waals surface area contributed by atoms with E-state index < -0.39 is 29.8 Å². The number of hydrogen-bond donors (Lipinski definition) is 1. The topological polar surface area (TPSA) is 94.5 Å². The van der Waals surface area contributed by atoms with Gasteiger partial charge in [-0.3, -0.25) is 0 Å². The average molecular weight is 641 g/mol. The Labute approximate surface area is 259 Å². The molecule has 0 fully saturated rings. The quantitative estimate of drug-likeness (QED) is 0.156. The zero-order chi connectivity index (χ0) is 31.2. The summed E-state index contributed by atoms with van der Waals surface area (Å²) in [6.45, 7) is 3.34. The molecule has 0 heterocycles. The average Bonchev–Trinajstić information content (AvgIpc) is 2.95. The third-order valence-electron chi connectivity index (χ3n) is 6.13. The molecule has 0 saturated heterocycles. The molecule has 0 aliphatic rings. The van der Waals surface area contributed by atoms with Gasteiger partial charge >= 0.3 is 12.1 Å². The molecule has 1 N–H and O–H groups in total. The molecular weight excluding hydrogens is 607 g/mol. The second-order valence-electron chi connectivity index (χ2n) is 9.45. The van der Waals surface area contributed by atoms with E-state index in [2.05, 4.69) is 0 Å². The molecule has 8 nitrogen and oxygen atoms in total. The Balaban J connectivity index is 1.52. The standard InChI is InChI=1S/C31H33Cl2F2NO7/c1-2-41-29(30(37)38)17-21-5-7-25(8-6-21)42-14-12-36(31(39)43-26-9-10-27(34)28(35)19-26)11-3-4-13-40-20-22-15-23(32)18-24(33)16-22/h5-10,15-16,18-19,29H,2-4,11-14,17,20H2,1H3,(H,37,38). The normalized spacial score (nSPS) is 11.7. The van der Waals surface area contributed by atoms with Crippen LogP contribution >= 0.6 is 23.2 Å². The molecule has 0 aliphatic carbocycles. The molecule has 3 rings (SSSR count). The highest BCUT2D eigenvalue weighted by Gasteiger charge is 2.19. The van der Waals surface area contributed by atoms with Crippen LogP contribution in [0.4, 0.5) is 13.6 Å². The number of benzene rings is 3. The molecule has 3 aromatic carbocycles. The van der Waals surface area contributed by atoms with Gasteiger partial charge in [0.25, 0.3) is 0 Å². The third-order valence-corrected chi connectivity index (χ3v) is 6.57. The Morgan fingerprint density at radius 2 is 1.56 bits per heavy atom. The lowest BCUT2D eigenvalue weighted by Gasteiger charge is -2.22. The lowest BCUT2D eigenvalue weighted by atomic mass is 10.1. The van der Waals surface area contributed by atoms with E-state index in [1.54, 1.807) is 49.4 Å². The minimum atomic E-state index is -1.13. The van der Waals surface area contributed by atoms with Crippen molar-refractivity contribution in [1.82, 2.24) is 4.90 Å². The molecule has 1 amide bonds. The van der Waals surface area contributed by atoms with E-state index in [1.807, 2.05) is 0 Å². The van der Waals surface area contributed by atoms with E-state index >= 15 is 0 Å². The number of nitrogens with zero attached hydrogens (tertiary/aromatic N) is 1. The Hall–Kier alpha value is -3.44. The van der Waals surface area contributed by atoms with E-state index in [1.165, 1.54) is 11.0 Å². The van der Waals surface area contributed by atoms with E-state index in [9.17, 15) is 23.5 Å². The van der Waals surface area contributed by atoms with Crippen LogP contribution in [0.3, 0.4) is 0 Å². The van der Waals surface area contributed by atoms with Gasteiger partial charge in [0.15, 0.2) is 17.7 Å². The summed E-state index contributed by atoms with van der Waals surface area (Å²) in [5.41, 5.74) is 1.61. The Morgan fingerprint density at radius 1 is 0.860 bits per heavy atom. The first-order valence-electron chi connectivity index (χ1n) is 13.6. The van der Waals surface area contributed by atoms with Crippen LogP contribution in [0, 0.1) is 11.6 Å². The summed E-state index contributed by atoms with van der Waals surface area (Å²) in [6.07, 6.45) is -0.266. The fourth-order valence-corrected chi connectivity index (χ4v) is 4.59. The number of rotatable bonds is 17. The van der Waals surface area contributed by atoms with Gasteiger partial charge < -0.3 is 29.0 Å². The van der Waals surface area contributed by atoms with Crippen molar-refractivity contribution in [3.63, 3.8) is 0 Å². The van der Waals surface area contributed by atoms with Crippen LogP contribution in [0.25, 0.3) is 0 Å². The lowest BCUT2D eigenvalue weighted by molar-refractivity contribution is -0.149. The van der Waals surface area contributed by atoms with Crippen LogP contribution in [0.5, 0.6) is 11.5 Å². The highest BCUT2D eigenvalue weighted by Crippen LogP contribution is 2.20. The monoisotopic (exact) mass is 639 g/mol. The van der Waals surface area contributed by atoms with Crippen molar-refractivity contribution in [3.05, 3.63) is 93.5 Å². The number of carboxylic acid groups (broad SMARTS) is 1. The molecule has 43 heavy (non-hydrogen) atoms. The van der Waals surface area contributed by atoms with Crippen molar-refractivity contribution in [3.8, 4) is 11.5 Å². The van der Waals surface area contributed by atoms with E-state index in [-0.39, 0.29) is 25.3 Å². The molecule has 0 saturated carbocycles. The number of halogens is 4. The summed E-state index contributed by atoms with van der Waals surface area (Å²) >= 11 is 12.0. The van der Waals surface area contributed by atoms with Crippen molar-refractivity contribution in [1.29, 1.82) is 0 Å². The highest BCUT2D eigenvalue weighted by molar-refractivity contribution is 6.34. The maximum Gasteiger partial charge on any atom is 0.415 e. The number of carbonyl (C=O) groups is 2. The van der Waals surface area contributed by atoms with Crippen LogP contribution in [0.2, 0.25) is 10.0 Å². The van der Waals surface area contributed by atoms with E-state index in [0.29, 0.717) is 55.0 Å². The zero-order valence-corrected chi connectivity index (χ0v) is 25.1. The predicted molar refractivity (Wildman–Crippen MR) is 158 cm³/mol. The summed E-state index contributed by atoms with van der Waals surface area (Å²) in [6, 6.07) is 14.9. The predicted octanol–water partition coefficient (Wildman–Crippen LogP) is 7.18. The fraction of sp³-hybridized carbons (Fsp3) is 0.355. The highest BCUT2D eigenvalue weighted by atomic mass is 35.5. The SMILES string of the molecule is CCOC(Cc1ccc(OCCN(CCCCOCc2cc(Cl)cc(Cl)c2)C(=O)Oc2ccc(F)c(F)c2)cc1)C(=O)O. The van der Waals surface area contributed by atoms with Crippen LogP contribution in [-0.2, 0) is 27.3 Å². The summed E-state index contributed by atoms with van der Waals surface area (Å²) in [5, 5.41) is 10.3. The van der Waals surface area contributed by atoms with Crippen molar-refractivity contribution in [2.45, 2.75) is 38.9 Å². The van der Waals surface area contributed by atoms with Crippen LogP contribution < -0.4 is 9.47 Å². The first kappa shape index (κ1) is 34.1. The Bertz CT molecular complexity index is 1320. The largest absolute Gasteiger partial charge is 0.492 e. The summed E-state index contributed by atoms with van der Waals surface area (Å²) in [5.74, 6) is -2.81. The van der Waals surface area contributed by atoms with E-state index in [0.717, 1.165) is 23.3 Å². The lowest BCUT2D eigenvalue weighted by Crippen LogP contribution is -2.37. The van der Waals surface area contributed by atoms with Gasteiger partial charge in [-0.1, -0.05) is 35.3 Å². The van der Waals surface area contributed by atoms with Gasteiger partial charge in [0.2, 0.25) is 0 Å². The van der Waals surface area contributed by atoms with Gasteiger partial charge in [-0.2, -0.15) is 0 Å². The minimum absolute atomic E-state index is 0.120. The van der Waals surface area contributed by atoms with Gasteiger partial charge in [-0.05, 0) is 73.4 Å². The maximum absolute atomic E-state index is 13.6. The van der Waals surface area contributed by atoms with Gasteiger partial charge in [0, 0.05) is 42.3 Å². The second-order valence-corrected chi connectivity index (χ2v) is 10.3. The molecule has 0 aromatic heterocycles. The van der Waals surface area contributed by atoms with Crippen molar-refractivity contribution in [2.24, 2.45) is 0 Å². The molecule has 1 unspecified atom stereocenters. The number of ether oxygens (including phenoxy) is 4. The van der Waals surface area contributed by atoms with Crippen LogP contribution in [-0.4, -0.2) is 61.1 Å². The molecule has 3 aromatic rings. The molecule has 1 atom stereocenters. The summed E-state index contributed by atoms with van der Waals surface area (Å²) in [4.78, 5) is 25.6. The first-order chi connectivity index (χ1) is 20.6. The molecule has 0 aliphatic heterocycles. The summed E-state index contributed by atoms with van der Waals surface area (Å²) in [7, 11) is 0. The molecule has 232 valence electrons. The van der Waals surface area contributed by atoms with Gasteiger partial charge in [-0.15, -0.1) is 0 Å². The van der Waals surface area contributed by atoms with Crippen LogP contribution in [0.15, 0.2) is 60.7 Å². The fourth-order valence-electron chi connectivity index (χ4n) is 4.02. The molecule has 12 heteroatoms. The number of hydrogen-bond acceptors (Lipinski definition) is 6. The number of carboxylic acids is 1. The van der Waals surface area contributed by atoms with Gasteiger partial charge in [0.05, 0.1) is 13.2 Å². The maximum atomic E-state index is 13.6. The number of unbranched alkanes of at least 4 members (excludes halogenated alkanes) is 1. The zero-order valence-electron chi connectivity index (χ0n) is 23.6. The number of aliphatic carboxylic acids is 1. The van der Waals surface area contributed by atoms with E-state index in [4.69, 9.17) is 42.1 Å². The van der Waals surface area contributed by atoms with Crippen molar-refractivity contribution in [2.75, 3.05) is 32.9 Å². The number of carbonyl (C=O) groups excluding carboxylic acids is 1. The smallest absolute Gasteiger partial charge is 0.415 e. The van der Waals surface area contributed by atoms with Crippen molar-refractivity contribution < 1.29 is 42.4 Å². The second kappa shape index (κ2) is 17.6. The van der Waals surface area contributed by atoms with Gasteiger partial charge in [-0.25, -0.2) is 18.4 Å².